The largest absolute Gasteiger partial charge is 0.353 e. The van der Waals surface area contributed by atoms with Crippen LogP contribution in [0.4, 0.5) is 0 Å². The van der Waals surface area contributed by atoms with Gasteiger partial charge in [-0.2, -0.15) is 0 Å². The standard InChI is InChI=1S/C21H31ClN2O/c22-19-9-6-7-17(15-19)11-12-21(25)23-20-10-3-2-8-18(20)16-24-13-4-1-5-14-24/h6-7,9,15,18,20H,1-5,8,10-14,16H2,(H,23,25)/t18-,20-/m0/s1. The average Bonchev–Trinajstić information content (AvgIpc) is 2.63. The van der Waals surface area contributed by atoms with Crippen molar-refractivity contribution >= 4 is 17.5 Å². The van der Waals surface area contributed by atoms with Gasteiger partial charge in [-0.15, -0.1) is 0 Å². The van der Waals surface area contributed by atoms with Crippen LogP contribution in [0.1, 0.15) is 56.9 Å². The third kappa shape index (κ3) is 6.00. The molecule has 1 amide bonds. The summed E-state index contributed by atoms with van der Waals surface area (Å²) in [7, 11) is 0. The smallest absolute Gasteiger partial charge is 0.220 e. The van der Waals surface area contributed by atoms with Crippen LogP contribution < -0.4 is 5.32 Å². The number of rotatable bonds is 6. The van der Waals surface area contributed by atoms with Crippen LogP contribution >= 0.6 is 11.6 Å². The molecule has 1 aliphatic heterocycles. The molecule has 0 aromatic heterocycles. The first-order chi connectivity index (χ1) is 12.2. The molecule has 1 aromatic carbocycles. The first kappa shape index (κ1) is 18.7. The minimum absolute atomic E-state index is 0.190. The zero-order chi connectivity index (χ0) is 17.5. The fourth-order valence-electron chi connectivity index (χ4n) is 4.32. The van der Waals surface area contributed by atoms with E-state index in [-0.39, 0.29) is 5.91 Å². The van der Waals surface area contributed by atoms with Crippen LogP contribution in [0.25, 0.3) is 0 Å². The number of nitrogens with one attached hydrogen (secondary N) is 1. The third-order valence-electron chi connectivity index (χ3n) is 5.73. The zero-order valence-corrected chi connectivity index (χ0v) is 15.9. The van der Waals surface area contributed by atoms with Gasteiger partial charge >= 0.3 is 0 Å². The molecule has 0 radical (unpaired) electrons. The Balaban J connectivity index is 1.47. The summed E-state index contributed by atoms with van der Waals surface area (Å²) in [5.41, 5.74) is 1.14. The predicted molar refractivity (Wildman–Crippen MR) is 104 cm³/mol. The number of likely N-dealkylation sites (tertiary alicyclic amines) is 1. The molecule has 25 heavy (non-hydrogen) atoms. The molecule has 1 saturated carbocycles. The van der Waals surface area contributed by atoms with E-state index in [0.717, 1.165) is 23.4 Å². The van der Waals surface area contributed by atoms with E-state index < -0.39 is 0 Å². The van der Waals surface area contributed by atoms with Gasteiger partial charge in [0.25, 0.3) is 0 Å². The number of carbonyl (C=O) groups excluding carboxylic acids is 1. The van der Waals surface area contributed by atoms with Gasteiger partial charge in [0.2, 0.25) is 5.91 Å². The van der Waals surface area contributed by atoms with Crippen molar-refractivity contribution in [2.45, 2.75) is 63.8 Å². The summed E-state index contributed by atoms with van der Waals surface area (Å²) in [4.78, 5) is 15.1. The molecule has 1 aromatic rings. The highest BCUT2D eigenvalue weighted by Gasteiger charge is 2.28. The van der Waals surface area contributed by atoms with Gasteiger partial charge in [-0.3, -0.25) is 4.79 Å². The van der Waals surface area contributed by atoms with E-state index >= 15 is 0 Å². The Labute approximate surface area is 157 Å². The molecular formula is C21H31ClN2O. The monoisotopic (exact) mass is 362 g/mol. The molecule has 1 heterocycles. The van der Waals surface area contributed by atoms with Crippen molar-refractivity contribution in [2.24, 2.45) is 5.92 Å². The van der Waals surface area contributed by atoms with Gasteiger partial charge in [-0.1, -0.05) is 43.0 Å². The topological polar surface area (TPSA) is 32.3 Å². The second-order valence-corrected chi connectivity index (χ2v) is 8.15. The number of hydrogen-bond donors (Lipinski definition) is 1. The summed E-state index contributed by atoms with van der Waals surface area (Å²) in [6, 6.07) is 8.18. The van der Waals surface area contributed by atoms with Gasteiger partial charge in [-0.25, -0.2) is 0 Å². The van der Waals surface area contributed by atoms with Gasteiger partial charge in [0.1, 0.15) is 0 Å². The van der Waals surface area contributed by atoms with E-state index in [1.807, 2.05) is 24.3 Å². The minimum Gasteiger partial charge on any atom is -0.353 e. The predicted octanol–water partition coefficient (Wildman–Crippen LogP) is 4.43. The Morgan fingerprint density at radius 3 is 2.72 bits per heavy atom. The van der Waals surface area contributed by atoms with E-state index in [1.165, 1.54) is 58.2 Å². The highest BCUT2D eigenvalue weighted by molar-refractivity contribution is 6.30. The SMILES string of the molecule is O=C(CCc1cccc(Cl)c1)N[C@H]1CCCC[C@H]1CN1CCCCC1. The van der Waals surface area contributed by atoms with E-state index in [4.69, 9.17) is 11.6 Å². The second kappa shape index (κ2) is 9.59. The summed E-state index contributed by atoms with van der Waals surface area (Å²) in [5, 5.41) is 4.09. The quantitative estimate of drug-likeness (QED) is 0.811. The molecule has 2 aliphatic rings. The number of amides is 1. The summed E-state index contributed by atoms with van der Waals surface area (Å²) < 4.78 is 0. The highest BCUT2D eigenvalue weighted by Crippen LogP contribution is 2.26. The molecule has 0 bridgehead atoms. The lowest BCUT2D eigenvalue weighted by atomic mass is 9.83. The van der Waals surface area contributed by atoms with Gasteiger partial charge in [0.05, 0.1) is 0 Å². The highest BCUT2D eigenvalue weighted by atomic mass is 35.5. The number of carbonyl (C=O) groups is 1. The van der Waals surface area contributed by atoms with Crippen molar-refractivity contribution in [3.8, 4) is 0 Å². The maximum Gasteiger partial charge on any atom is 0.220 e. The van der Waals surface area contributed by atoms with Crippen LogP contribution in [-0.2, 0) is 11.2 Å². The van der Waals surface area contributed by atoms with Crippen molar-refractivity contribution in [2.75, 3.05) is 19.6 Å². The van der Waals surface area contributed by atoms with Crippen molar-refractivity contribution in [1.29, 1.82) is 0 Å². The molecule has 1 N–H and O–H groups in total. The number of aryl methyl sites for hydroxylation is 1. The molecule has 0 unspecified atom stereocenters. The summed E-state index contributed by atoms with van der Waals surface area (Å²) in [5.74, 6) is 0.817. The van der Waals surface area contributed by atoms with Gasteiger partial charge in [0, 0.05) is 24.0 Å². The van der Waals surface area contributed by atoms with E-state index in [1.54, 1.807) is 0 Å². The van der Waals surface area contributed by atoms with Gasteiger partial charge < -0.3 is 10.2 Å². The number of halogens is 1. The van der Waals surface area contributed by atoms with Crippen LogP contribution in [0, 0.1) is 5.92 Å². The van der Waals surface area contributed by atoms with Crippen molar-refractivity contribution in [3.63, 3.8) is 0 Å². The van der Waals surface area contributed by atoms with E-state index in [2.05, 4.69) is 10.2 Å². The lowest BCUT2D eigenvalue weighted by Crippen LogP contribution is -2.47. The number of hydrogen-bond acceptors (Lipinski definition) is 2. The maximum absolute atomic E-state index is 12.4. The molecule has 2 atom stereocenters. The van der Waals surface area contributed by atoms with Crippen molar-refractivity contribution < 1.29 is 4.79 Å². The molecule has 1 aliphatic carbocycles. The Kier molecular flexibility index (Phi) is 7.18. The first-order valence-electron chi connectivity index (χ1n) is 9.97. The van der Waals surface area contributed by atoms with Crippen LogP contribution in [0.2, 0.25) is 5.02 Å². The van der Waals surface area contributed by atoms with Gasteiger partial charge in [-0.05, 0) is 68.8 Å². The Bertz CT molecular complexity index is 557. The first-order valence-corrected chi connectivity index (χ1v) is 10.3. The zero-order valence-electron chi connectivity index (χ0n) is 15.2. The van der Waals surface area contributed by atoms with E-state index in [9.17, 15) is 4.79 Å². The molecule has 4 heteroatoms. The average molecular weight is 363 g/mol. The number of nitrogens with zero attached hydrogens (tertiary/aromatic N) is 1. The summed E-state index contributed by atoms with van der Waals surface area (Å²) >= 11 is 6.02. The molecule has 0 spiro atoms. The Morgan fingerprint density at radius 1 is 1.12 bits per heavy atom. The Hall–Kier alpha value is -1.06. The van der Waals surface area contributed by atoms with Crippen LogP contribution in [-0.4, -0.2) is 36.5 Å². The van der Waals surface area contributed by atoms with Crippen LogP contribution in [0.15, 0.2) is 24.3 Å². The summed E-state index contributed by atoms with van der Waals surface area (Å²) in [6.45, 7) is 3.65. The third-order valence-corrected chi connectivity index (χ3v) is 5.96. The summed E-state index contributed by atoms with van der Waals surface area (Å²) in [6.07, 6.45) is 10.3. The molecule has 138 valence electrons. The molecule has 1 saturated heterocycles. The lowest BCUT2D eigenvalue weighted by molar-refractivity contribution is -0.122. The van der Waals surface area contributed by atoms with Crippen LogP contribution in [0.3, 0.4) is 0 Å². The maximum atomic E-state index is 12.4. The Morgan fingerprint density at radius 2 is 1.92 bits per heavy atom. The lowest BCUT2D eigenvalue weighted by Gasteiger charge is -2.37. The van der Waals surface area contributed by atoms with Crippen molar-refractivity contribution in [1.82, 2.24) is 10.2 Å². The fourth-order valence-corrected chi connectivity index (χ4v) is 4.53. The second-order valence-electron chi connectivity index (χ2n) is 7.71. The van der Waals surface area contributed by atoms with Gasteiger partial charge in [0.15, 0.2) is 0 Å². The molecular weight excluding hydrogens is 332 g/mol. The molecule has 3 rings (SSSR count). The van der Waals surface area contributed by atoms with Crippen molar-refractivity contribution in [3.05, 3.63) is 34.9 Å². The molecule has 3 nitrogen and oxygen atoms in total. The number of benzene rings is 1. The van der Waals surface area contributed by atoms with E-state index in [0.29, 0.717) is 18.4 Å². The van der Waals surface area contributed by atoms with Crippen LogP contribution in [0.5, 0.6) is 0 Å². The molecule has 2 fully saturated rings. The fraction of sp³-hybridized carbons (Fsp3) is 0.667. The normalized spacial score (nSPS) is 24.8. The number of piperidine rings is 1. The minimum atomic E-state index is 0.190.